The van der Waals surface area contributed by atoms with Gasteiger partial charge in [0.2, 0.25) is 5.91 Å². The summed E-state index contributed by atoms with van der Waals surface area (Å²) in [5, 5.41) is 9.28. The summed E-state index contributed by atoms with van der Waals surface area (Å²) in [6, 6.07) is 13.7. The van der Waals surface area contributed by atoms with Crippen molar-refractivity contribution in [3.8, 4) is 5.75 Å². The second kappa shape index (κ2) is 13.0. The highest BCUT2D eigenvalue weighted by Gasteiger charge is 2.08. The van der Waals surface area contributed by atoms with Crippen molar-refractivity contribution in [2.45, 2.75) is 33.4 Å². The molecule has 1 atom stereocenters. The van der Waals surface area contributed by atoms with Gasteiger partial charge in [-0.1, -0.05) is 32.0 Å². The van der Waals surface area contributed by atoms with E-state index in [9.17, 15) is 9.18 Å². The van der Waals surface area contributed by atoms with Gasteiger partial charge in [-0.15, -0.1) is 24.0 Å². The van der Waals surface area contributed by atoms with Crippen LogP contribution in [0.4, 0.5) is 10.1 Å². The van der Waals surface area contributed by atoms with Gasteiger partial charge in [-0.3, -0.25) is 9.79 Å². The fourth-order valence-electron chi connectivity index (χ4n) is 2.45. The molecule has 0 bridgehead atoms. The van der Waals surface area contributed by atoms with Crippen molar-refractivity contribution in [3.05, 3.63) is 59.9 Å². The molecule has 2 aromatic rings. The van der Waals surface area contributed by atoms with Gasteiger partial charge >= 0.3 is 0 Å². The predicted molar refractivity (Wildman–Crippen MR) is 130 cm³/mol. The summed E-state index contributed by atoms with van der Waals surface area (Å²) in [4.78, 5) is 15.9. The Labute approximate surface area is 194 Å². The first kappa shape index (κ1) is 25.7. The summed E-state index contributed by atoms with van der Waals surface area (Å²) < 4.78 is 18.9. The van der Waals surface area contributed by atoms with E-state index < -0.39 is 0 Å². The summed E-state index contributed by atoms with van der Waals surface area (Å²) >= 11 is 0. The molecule has 0 radical (unpaired) electrons. The molecule has 0 heterocycles. The number of guanidine groups is 1. The largest absolute Gasteiger partial charge is 0.489 e. The lowest BCUT2D eigenvalue weighted by molar-refractivity contribution is -0.118. The number of nitrogens with zero attached hydrogens (tertiary/aromatic N) is 1. The van der Waals surface area contributed by atoms with Gasteiger partial charge in [-0.2, -0.15) is 0 Å². The molecule has 0 spiro atoms. The second-order valence-electron chi connectivity index (χ2n) is 7.03. The maximum Gasteiger partial charge on any atom is 0.226 e. The van der Waals surface area contributed by atoms with Crippen LogP contribution in [-0.4, -0.2) is 31.6 Å². The quantitative estimate of drug-likeness (QED) is 0.273. The van der Waals surface area contributed by atoms with Crippen molar-refractivity contribution in [1.82, 2.24) is 10.6 Å². The van der Waals surface area contributed by atoms with E-state index in [4.69, 9.17) is 4.74 Å². The third kappa shape index (κ3) is 8.98. The topological polar surface area (TPSA) is 74.8 Å². The number of carbonyl (C=O) groups is 1. The summed E-state index contributed by atoms with van der Waals surface area (Å²) in [6.07, 6.45) is -0.167. The van der Waals surface area contributed by atoms with Gasteiger partial charge in [0.05, 0.1) is 6.54 Å². The fraction of sp³-hybridized carbons (Fsp3) is 0.364. The van der Waals surface area contributed by atoms with Crippen molar-refractivity contribution in [3.63, 3.8) is 0 Å². The van der Waals surface area contributed by atoms with E-state index in [2.05, 4.69) is 20.9 Å². The average molecular weight is 528 g/mol. The van der Waals surface area contributed by atoms with Gasteiger partial charge in [0, 0.05) is 31.3 Å². The Hall–Kier alpha value is -2.36. The lowest BCUT2D eigenvalue weighted by atomic mass is 10.1. The Bertz CT molecular complexity index is 828. The van der Waals surface area contributed by atoms with E-state index in [0.29, 0.717) is 24.8 Å². The number of aliphatic imine (C=N–C) groups is 1. The molecule has 0 aliphatic rings. The molecule has 0 fully saturated rings. The number of halogens is 2. The molecule has 0 aromatic heterocycles. The molecule has 8 heteroatoms. The highest BCUT2D eigenvalue weighted by Crippen LogP contribution is 2.13. The number of anilines is 1. The third-order valence-electron chi connectivity index (χ3n) is 4.12. The van der Waals surface area contributed by atoms with Gasteiger partial charge in [-0.25, -0.2) is 4.39 Å². The second-order valence-corrected chi connectivity index (χ2v) is 7.03. The number of carbonyl (C=O) groups excluding carboxylic acids is 1. The smallest absolute Gasteiger partial charge is 0.226 e. The molecular formula is C22H30FIN4O2. The van der Waals surface area contributed by atoms with E-state index in [1.54, 1.807) is 19.2 Å². The van der Waals surface area contributed by atoms with Crippen LogP contribution in [0.25, 0.3) is 0 Å². The highest BCUT2D eigenvalue weighted by molar-refractivity contribution is 14.0. The predicted octanol–water partition coefficient (Wildman–Crippen LogP) is 4.17. The number of ether oxygens (including phenoxy) is 1. The normalized spacial score (nSPS) is 12.0. The van der Waals surface area contributed by atoms with Crippen molar-refractivity contribution in [2.75, 3.05) is 18.9 Å². The van der Waals surface area contributed by atoms with Crippen molar-refractivity contribution in [1.29, 1.82) is 0 Å². The van der Waals surface area contributed by atoms with Gasteiger partial charge in [0.25, 0.3) is 0 Å². The molecular weight excluding hydrogens is 498 g/mol. The van der Waals surface area contributed by atoms with Crippen LogP contribution in [0.15, 0.2) is 53.5 Å². The van der Waals surface area contributed by atoms with Crippen LogP contribution < -0.4 is 20.7 Å². The van der Waals surface area contributed by atoms with Gasteiger partial charge in [0.1, 0.15) is 17.7 Å². The highest BCUT2D eigenvalue weighted by atomic mass is 127. The van der Waals surface area contributed by atoms with Crippen LogP contribution in [0.5, 0.6) is 5.75 Å². The minimum absolute atomic E-state index is 0. The lowest BCUT2D eigenvalue weighted by Crippen LogP contribution is -2.41. The minimum atomic E-state index is -0.324. The first-order valence-electron chi connectivity index (χ1n) is 9.64. The molecule has 164 valence electrons. The van der Waals surface area contributed by atoms with Gasteiger partial charge < -0.3 is 20.7 Å². The van der Waals surface area contributed by atoms with Crippen LogP contribution in [0.2, 0.25) is 0 Å². The molecule has 0 saturated heterocycles. The van der Waals surface area contributed by atoms with Crippen LogP contribution in [0.1, 0.15) is 26.3 Å². The summed E-state index contributed by atoms with van der Waals surface area (Å²) in [5.74, 6) is 0.742. The van der Waals surface area contributed by atoms with Gasteiger partial charge in [0.15, 0.2) is 5.96 Å². The average Bonchev–Trinajstić information content (AvgIpc) is 2.69. The molecule has 1 unspecified atom stereocenters. The monoisotopic (exact) mass is 528 g/mol. The molecule has 30 heavy (non-hydrogen) atoms. The maximum absolute atomic E-state index is 13.2. The summed E-state index contributed by atoms with van der Waals surface area (Å²) in [7, 11) is 1.69. The molecule has 0 aliphatic carbocycles. The zero-order valence-electron chi connectivity index (χ0n) is 17.7. The zero-order chi connectivity index (χ0) is 21.2. The number of amides is 1. The van der Waals surface area contributed by atoms with Crippen LogP contribution in [0.3, 0.4) is 0 Å². The van der Waals surface area contributed by atoms with Crippen molar-refractivity contribution in [2.24, 2.45) is 10.9 Å². The summed E-state index contributed by atoms with van der Waals surface area (Å²) in [6.45, 7) is 6.70. The molecule has 1 amide bonds. The van der Waals surface area contributed by atoms with Crippen molar-refractivity contribution < 1.29 is 13.9 Å². The number of nitrogens with one attached hydrogen (secondary N) is 3. The van der Waals surface area contributed by atoms with E-state index in [1.807, 2.05) is 45.0 Å². The van der Waals surface area contributed by atoms with Crippen molar-refractivity contribution >= 4 is 41.5 Å². The Morgan fingerprint density at radius 1 is 1.10 bits per heavy atom. The van der Waals surface area contributed by atoms with Crippen LogP contribution >= 0.6 is 24.0 Å². The Kier molecular flexibility index (Phi) is 11.2. The molecule has 2 rings (SSSR count). The maximum atomic E-state index is 13.2. The van der Waals surface area contributed by atoms with E-state index in [1.165, 1.54) is 12.1 Å². The molecule has 6 nitrogen and oxygen atoms in total. The van der Waals surface area contributed by atoms with E-state index >= 15 is 0 Å². The number of benzene rings is 2. The minimum Gasteiger partial charge on any atom is -0.489 e. The SMILES string of the molecule is CN=C(NCc1ccc(NC(=O)C(C)C)cc1)NCC(C)Oc1cccc(F)c1.I. The van der Waals surface area contributed by atoms with Crippen LogP contribution in [-0.2, 0) is 11.3 Å². The Balaban J connectivity index is 0.00000450. The Morgan fingerprint density at radius 3 is 2.40 bits per heavy atom. The molecule has 2 aromatic carbocycles. The molecule has 3 N–H and O–H groups in total. The number of hydrogen-bond acceptors (Lipinski definition) is 3. The number of rotatable bonds is 8. The standard InChI is InChI=1S/C22H29FN4O2.HI/c1-15(2)21(28)27-19-10-8-17(9-11-19)14-26-22(24-4)25-13-16(3)29-20-7-5-6-18(23)12-20;/h5-12,15-16H,13-14H2,1-4H3,(H,27,28)(H2,24,25,26);1H. The van der Waals surface area contributed by atoms with E-state index in [-0.39, 0.29) is 47.7 Å². The molecule has 0 aliphatic heterocycles. The van der Waals surface area contributed by atoms with Crippen LogP contribution in [0, 0.1) is 11.7 Å². The third-order valence-corrected chi connectivity index (χ3v) is 4.12. The fourth-order valence-corrected chi connectivity index (χ4v) is 2.45. The first-order valence-corrected chi connectivity index (χ1v) is 9.64. The molecule has 0 saturated carbocycles. The summed E-state index contributed by atoms with van der Waals surface area (Å²) in [5.41, 5.74) is 1.83. The Morgan fingerprint density at radius 2 is 1.80 bits per heavy atom. The number of hydrogen-bond donors (Lipinski definition) is 3. The van der Waals surface area contributed by atoms with E-state index in [0.717, 1.165) is 11.3 Å². The lowest BCUT2D eigenvalue weighted by Gasteiger charge is -2.18. The zero-order valence-corrected chi connectivity index (χ0v) is 20.1. The first-order chi connectivity index (χ1) is 13.9. The van der Waals surface area contributed by atoms with Gasteiger partial charge in [-0.05, 0) is 36.8 Å².